The largest absolute Gasteiger partial charge is 0.339 e. The molecule has 2 heterocycles. The highest BCUT2D eigenvalue weighted by molar-refractivity contribution is 7.16. The van der Waals surface area contributed by atoms with Gasteiger partial charge >= 0.3 is 0 Å². The summed E-state index contributed by atoms with van der Waals surface area (Å²) in [7, 11) is 0. The van der Waals surface area contributed by atoms with Crippen molar-refractivity contribution in [2.24, 2.45) is 0 Å². The number of carbonyl (C=O) groups excluding carboxylic acids is 2. The van der Waals surface area contributed by atoms with E-state index in [1.54, 1.807) is 6.07 Å². The first-order chi connectivity index (χ1) is 15.7. The fourth-order valence-corrected chi connectivity index (χ4v) is 5.50. The van der Waals surface area contributed by atoms with Crippen LogP contribution in [0.1, 0.15) is 25.7 Å². The first-order valence-electron chi connectivity index (χ1n) is 10.4. The highest BCUT2D eigenvalue weighted by atomic mass is 32.1. The van der Waals surface area contributed by atoms with Gasteiger partial charge in [0.2, 0.25) is 5.91 Å². The molecule has 1 aliphatic rings. The van der Waals surface area contributed by atoms with E-state index in [1.807, 2.05) is 53.9 Å². The van der Waals surface area contributed by atoms with E-state index in [2.05, 4.69) is 22.8 Å². The number of hydrogen-bond acceptors (Lipinski definition) is 5. The Labute approximate surface area is 194 Å². The molecular weight excluding hydrogens is 438 g/mol. The maximum absolute atomic E-state index is 13.2. The van der Waals surface area contributed by atoms with Crippen molar-refractivity contribution < 1.29 is 9.59 Å². The van der Waals surface area contributed by atoms with Gasteiger partial charge in [0.05, 0.1) is 10.6 Å². The maximum atomic E-state index is 13.2. The Morgan fingerprint density at radius 2 is 1.78 bits per heavy atom. The molecule has 1 atom stereocenters. The number of thiophene rings is 1. The topological polar surface area (TPSA) is 71.1 Å². The van der Waals surface area contributed by atoms with Crippen LogP contribution in [-0.2, 0) is 24.1 Å². The van der Waals surface area contributed by atoms with Crippen molar-refractivity contribution in [1.29, 1.82) is 0 Å². The van der Waals surface area contributed by atoms with Crippen molar-refractivity contribution in [3.8, 4) is 11.3 Å². The monoisotopic (exact) mass is 459 g/mol. The molecule has 2 aromatic carbocycles. The van der Waals surface area contributed by atoms with Crippen LogP contribution >= 0.6 is 22.7 Å². The van der Waals surface area contributed by atoms with Gasteiger partial charge in [-0.3, -0.25) is 9.59 Å². The minimum atomic E-state index is -0.708. The van der Waals surface area contributed by atoms with E-state index in [0.29, 0.717) is 16.4 Å². The van der Waals surface area contributed by atoms with Gasteiger partial charge in [-0.05, 0) is 35.4 Å². The van der Waals surface area contributed by atoms with Crippen LogP contribution in [0.4, 0.5) is 5.13 Å². The van der Waals surface area contributed by atoms with E-state index in [-0.39, 0.29) is 11.8 Å². The summed E-state index contributed by atoms with van der Waals surface area (Å²) in [4.78, 5) is 32.4. The van der Waals surface area contributed by atoms with E-state index < -0.39 is 6.04 Å². The average Bonchev–Trinajstić information content (AvgIpc) is 3.49. The van der Waals surface area contributed by atoms with Crippen LogP contribution in [0.5, 0.6) is 0 Å². The number of amides is 2. The van der Waals surface area contributed by atoms with Gasteiger partial charge in [-0.25, -0.2) is 4.98 Å². The number of nitrogens with zero attached hydrogens (tertiary/aromatic N) is 1. The zero-order valence-corrected chi connectivity index (χ0v) is 18.8. The molecule has 160 valence electrons. The standard InChI is InChI=1S/C25H21N3O2S2/c29-23(28-25-27-22-18-10-5-4-9-17(18)12-13-20(22)32-25)19(15-16-7-2-1-3-8-16)26-24(30)21-11-6-14-31-21/h1-11,14,19H,12-13,15H2,(H,26,30)(H,27,28,29)/t19-/m0/s1. The lowest BCUT2D eigenvalue weighted by Gasteiger charge is -2.17. The number of hydrogen-bond donors (Lipinski definition) is 2. The Morgan fingerprint density at radius 3 is 2.59 bits per heavy atom. The van der Waals surface area contributed by atoms with Crippen molar-refractivity contribution in [3.63, 3.8) is 0 Å². The lowest BCUT2D eigenvalue weighted by Crippen LogP contribution is -2.45. The molecule has 0 fully saturated rings. The second kappa shape index (κ2) is 9.06. The lowest BCUT2D eigenvalue weighted by atomic mass is 9.94. The van der Waals surface area contributed by atoms with Gasteiger partial charge in [0.1, 0.15) is 6.04 Å². The van der Waals surface area contributed by atoms with Crippen molar-refractivity contribution in [3.05, 3.63) is 93.0 Å². The number of rotatable bonds is 6. The number of carbonyl (C=O) groups is 2. The fraction of sp³-hybridized carbons (Fsp3) is 0.160. The summed E-state index contributed by atoms with van der Waals surface area (Å²) in [5.74, 6) is -0.512. The number of fused-ring (bicyclic) bond motifs is 3. The quantitative estimate of drug-likeness (QED) is 0.429. The van der Waals surface area contributed by atoms with Crippen LogP contribution in [0, 0.1) is 0 Å². The van der Waals surface area contributed by atoms with Gasteiger partial charge in [-0.1, -0.05) is 60.7 Å². The number of thiazole rings is 1. The molecule has 5 rings (SSSR count). The van der Waals surface area contributed by atoms with Crippen LogP contribution in [0.15, 0.2) is 72.1 Å². The number of aryl methyl sites for hydroxylation is 2. The third kappa shape index (κ3) is 4.35. The number of nitrogens with one attached hydrogen (secondary N) is 2. The highest BCUT2D eigenvalue weighted by Crippen LogP contribution is 2.38. The van der Waals surface area contributed by atoms with Crippen LogP contribution in [0.3, 0.4) is 0 Å². The summed E-state index contributed by atoms with van der Waals surface area (Å²) in [5.41, 5.74) is 4.35. The predicted molar refractivity (Wildman–Crippen MR) is 129 cm³/mol. The van der Waals surface area contributed by atoms with E-state index >= 15 is 0 Å². The molecule has 0 unspecified atom stereocenters. The van der Waals surface area contributed by atoms with Crippen molar-refractivity contribution in [2.45, 2.75) is 25.3 Å². The van der Waals surface area contributed by atoms with E-state index in [1.165, 1.54) is 33.1 Å². The summed E-state index contributed by atoms with van der Waals surface area (Å²) in [5, 5.41) is 8.28. The Bertz CT molecular complexity index is 1250. The molecule has 7 heteroatoms. The zero-order chi connectivity index (χ0) is 21.9. The molecular formula is C25H21N3O2S2. The van der Waals surface area contributed by atoms with Crippen LogP contribution in [0.25, 0.3) is 11.3 Å². The molecule has 1 aliphatic carbocycles. The normalized spacial score (nSPS) is 13.0. The number of benzene rings is 2. The van der Waals surface area contributed by atoms with E-state index in [4.69, 9.17) is 4.98 Å². The second-order valence-electron chi connectivity index (χ2n) is 7.63. The third-order valence-electron chi connectivity index (χ3n) is 5.47. The smallest absolute Gasteiger partial charge is 0.262 e. The average molecular weight is 460 g/mol. The van der Waals surface area contributed by atoms with Gasteiger partial charge < -0.3 is 10.6 Å². The minimum Gasteiger partial charge on any atom is -0.339 e. The summed E-state index contributed by atoms with van der Waals surface area (Å²) in [6.07, 6.45) is 2.30. The number of aromatic nitrogens is 1. The van der Waals surface area contributed by atoms with Crippen molar-refractivity contribution in [1.82, 2.24) is 10.3 Å². The molecule has 2 N–H and O–H groups in total. The molecule has 5 nitrogen and oxygen atoms in total. The molecule has 0 saturated heterocycles. The predicted octanol–water partition coefficient (Wildman–Crippen LogP) is 4.95. The molecule has 0 saturated carbocycles. The SMILES string of the molecule is O=C(N[C@@H](Cc1ccccc1)C(=O)Nc1nc2c(s1)CCc1ccccc1-2)c1cccs1. The fourth-order valence-electron chi connectivity index (χ4n) is 3.89. The molecule has 0 radical (unpaired) electrons. The Morgan fingerprint density at radius 1 is 0.969 bits per heavy atom. The molecule has 0 spiro atoms. The molecule has 32 heavy (non-hydrogen) atoms. The summed E-state index contributed by atoms with van der Waals surface area (Å²) < 4.78 is 0. The molecule has 0 bridgehead atoms. The minimum absolute atomic E-state index is 0.247. The molecule has 2 aromatic heterocycles. The Hall–Kier alpha value is -3.29. The van der Waals surface area contributed by atoms with Gasteiger partial charge in [-0.2, -0.15) is 0 Å². The van der Waals surface area contributed by atoms with Crippen molar-refractivity contribution >= 4 is 39.6 Å². The first-order valence-corrected chi connectivity index (χ1v) is 12.1. The van der Waals surface area contributed by atoms with E-state index in [9.17, 15) is 9.59 Å². The van der Waals surface area contributed by atoms with Crippen LogP contribution in [-0.4, -0.2) is 22.8 Å². The highest BCUT2D eigenvalue weighted by Gasteiger charge is 2.25. The molecule has 2 amide bonds. The van der Waals surface area contributed by atoms with Crippen molar-refractivity contribution in [2.75, 3.05) is 5.32 Å². The van der Waals surface area contributed by atoms with E-state index in [0.717, 1.165) is 29.7 Å². The third-order valence-corrected chi connectivity index (χ3v) is 7.37. The van der Waals surface area contributed by atoms with Crippen LogP contribution < -0.4 is 10.6 Å². The second-order valence-corrected chi connectivity index (χ2v) is 9.66. The summed E-state index contributed by atoms with van der Waals surface area (Å²) >= 11 is 2.87. The summed E-state index contributed by atoms with van der Waals surface area (Å²) in [6, 6.07) is 20.8. The first kappa shape index (κ1) is 20.6. The maximum Gasteiger partial charge on any atom is 0.262 e. The Kier molecular flexibility index (Phi) is 5.83. The van der Waals surface area contributed by atoms with Gasteiger partial charge in [0.15, 0.2) is 5.13 Å². The van der Waals surface area contributed by atoms with Crippen LogP contribution in [0.2, 0.25) is 0 Å². The molecule has 4 aromatic rings. The molecule has 0 aliphatic heterocycles. The Balaban J connectivity index is 1.37. The van der Waals surface area contributed by atoms with Gasteiger partial charge in [0.25, 0.3) is 5.91 Å². The van der Waals surface area contributed by atoms with Gasteiger partial charge in [0, 0.05) is 16.9 Å². The number of anilines is 1. The van der Waals surface area contributed by atoms with Gasteiger partial charge in [-0.15, -0.1) is 22.7 Å². The summed E-state index contributed by atoms with van der Waals surface area (Å²) in [6.45, 7) is 0. The zero-order valence-electron chi connectivity index (χ0n) is 17.2. The lowest BCUT2D eigenvalue weighted by molar-refractivity contribution is -0.118.